The van der Waals surface area contributed by atoms with E-state index in [1.165, 1.54) is 24.3 Å². The van der Waals surface area contributed by atoms with Crippen LogP contribution < -0.4 is 0 Å². The van der Waals surface area contributed by atoms with Crippen LogP contribution in [0.1, 0.15) is 21.8 Å². The van der Waals surface area contributed by atoms with E-state index < -0.39 is 23.5 Å². The Bertz CT molecular complexity index is 920. The van der Waals surface area contributed by atoms with E-state index in [9.17, 15) is 22.4 Å². The third-order valence-corrected chi connectivity index (χ3v) is 3.32. The molecule has 3 aromatic rings. The van der Waals surface area contributed by atoms with E-state index in [-0.39, 0.29) is 29.4 Å². The highest BCUT2D eigenvalue weighted by atomic mass is 19.4. The number of carbonyl (C=O) groups is 1. The minimum Gasteiger partial charge on any atom is -0.452 e. The number of halogens is 4. The fourth-order valence-corrected chi connectivity index (χ4v) is 2.06. The molecule has 1 heterocycles. The predicted octanol–water partition coefficient (Wildman–Crippen LogP) is 4.25. The lowest BCUT2D eigenvalue weighted by molar-refractivity contribution is -0.137. The topological polar surface area (TPSA) is 65.2 Å². The van der Waals surface area contributed by atoms with Crippen molar-refractivity contribution in [2.24, 2.45) is 0 Å². The normalized spacial score (nSPS) is 11.4. The van der Waals surface area contributed by atoms with E-state index in [2.05, 4.69) is 10.1 Å². The average molecular weight is 366 g/mol. The van der Waals surface area contributed by atoms with E-state index in [4.69, 9.17) is 9.26 Å². The second kappa shape index (κ2) is 6.95. The Morgan fingerprint density at radius 2 is 1.85 bits per heavy atom. The average Bonchev–Trinajstić information content (AvgIpc) is 3.09. The molecule has 0 fully saturated rings. The first-order valence-corrected chi connectivity index (χ1v) is 7.26. The van der Waals surface area contributed by atoms with Crippen molar-refractivity contribution in [2.75, 3.05) is 0 Å². The number of ether oxygens (including phenoxy) is 1. The van der Waals surface area contributed by atoms with Gasteiger partial charge in [0, 0.05) is 5.56 Å². The maximum atomic E-state index is 12.8. The highest BCUT2D eigenvalue weighted by molar-refractivity contribution is 5.89. The molecule has 0 saturated heterocycles. The molecule has 3 rings (SSSR count). The number of rotatable bonds is 4. The molecule has 0 amide bonds. The molecule has 0 atom stereocenters. The zero-order chi connectivity index (χ0) is 18.7. The predicted molar refractivity (Wildman–Crippen MR) is 80.3 cm³/mol. The van der Waals surface area contributed by atoms with Crippen LogP contribution in [0.3, 0.4) is 0 Å². The van der Waals surface area contributed by atoms with Gasteiger partial charge in [-0.15, -0.1) is 0 Å². The minimum absolute atomic E-state index is 0.0658. The minimum atomic E-state index is -4.49. The summed E-state index contributed by atoms with van der Waals surface area (Å²) in [5.74, 6) is -1.38. The number of carbonyl (C=O) groups excluding carboxylic acids is 1. The zero-order valence-electron chi connectivity index (χ0n) is 13.0. The monoisotopic (exact) mass is 366 g/mol. The standard InChI is InChI=1S/C17H10F4N2O3/c18-13-6-4-10(5-7-13)16(24)25-9-14-22-15(23-26-14)11-2-1-3-12(8-11)17(19,20)21/h1-8H,9H2. The van der Waals surface area contributed by atoms with E-state index in [1.54, 1.807) is 0 Å². The molecule has 0 N–H and O–H groups in total. The Kier molecular flexibility index (Phi) is 4.70. The van der Waals surface area contributed by atoms with Gasteiger partial charge in [0.05, 0.1) is 11.1 Å². The van der Waals surface area contributed by atoms with E-state index in [0.717, 1.165) is 24.3 Å². The summed E-state index contributed by atoms with van der Waals surface area (Å²) >= 11 is 0. The summed E-state index contributed by atoms with van der Waals surface area (Å²) in [6, 6.07) is 9.15. The quantitative estimate of drug-likeness (QED) is 0.510. The van der Waals surface area contributed by atoms with Crippen LogP contribution in [-0.2, 0) is 17.5 Å². The maximum absolute atomic E-state index is 12.8. The molecule has 0 bridgehead atoms. The molecule has 0 saturated carbocycles. The number of benzene rings is 2. The highest BCUT2D eigenvalue weighted by Gasteiger charge is 2.30. The first-order valence-electron chi connectivity index (χ1n) is 7.26. The molecule has 0 aliphatic rings. The summed E-state index contributed by atoms with van der Waals surface area (Å²) < 4.78 is 60.8. The number of hydrogen-bond donors (Lipinski definition) is 0. The van der Waals surface area contributed by atoms with Crippen LogP contribution in [0.5, 0.6) is 0 Å². The van der Waals surface area contributed by atoms with Crippen LogP contribution in [0.15, 0.2) is 53.1 Å². The molecule has 2 aromatic carbocycles. The van der Waals surface area contributed by atoms with Crippen LogP contribution in [0, 0.1) is 5.82 Å². The Hall–Kier alpha value is -3.23. The van der Waals surface area contributed by atoms with E-state index >= 15 is 0 Å². The van der Waals surface area contributed by atoms with Crippen LogP contribution in [0.25, 0.3) is 11.4 Å². The van der Waals surface area contributed by atoms with Gasteiger partial charge in [-0.25, -0.2) is 9.18 Å². The lowest BCUT2D eigenvalue weighted by Crippen LogP contribution is -2.05. The van der Waals surface area contributed by atoms with Crippen molar-refractivity contribution in [3.8, 4) is 11.4 Å². The van der Waals surface area contributed by atoms with E-state index in [1.807, 2.05) is 0 Å². The molecule has 0 aliphatic carbocycles. The highest BCUT2D eigenvalue weighted by Crippen LogP contribution is 2.31. The van der Waals surface area contributed by atoms with Crippen molar-refractivity contribution in [2.45, 2.75) is 12.8 Å². The van der Waals surface area contributed by atoms with Gasteiger partial charge in [0.25, 0.3) is 5.89 Å². The smallest absolute Gasteiger partial charge is 0.416 e. The fourth-order valence-electron chi connectivity index (χ4n) is 2.06. The molecule has 0 aliphatic heterocycles. The Morgan fingerprint density at radius 3 is 2.54 bits per heavy atom. The molecule has 0 spiro atoms. The lowest BCUT2D eigenvalue weighted by Gasteiger charge is -2.06. The van der Waals surface area contributed by atoms with Crippen molar-refractivity contribution < 1.29 is 31.6 Å². The molecule has 134 valence electrons. The van der Waals surface area contributed by atoms with Gasteiger partial charge in [-0.1, -0.05) is 17.3 Å². The molecular formula is C17H10F4N2O3. The Labute approximate surface area is 144 Å². The van der Waals surface area contributed by atoms with Crippen LogP contribution in [0.2, 0.25) is 0 Å². The van der Waals surface area contributed by atoms with Gasteiger partial charge >= 0.3 is 12.1 Å². The van der Waals surface area contributed by atoms with Gasteiger partial charge in [-0.2, -0.15) is 18.2 Å². The third kappa shape index (κ3) is 4.05. The van der Waals surface area contributed by atoms with Gasteiger partial charge in [-0.3, -0.25) is 0 Å². The zero-order valence-corrected chi connectivity index (χ0v) is 13.0. The maximum Gasteiger partial charge on any atom is 0.416 e. The van der Waals surface area contributed by atoms with Crippen LogP contribution in [-0.4, -0.2) is 16.1 Å². The van der Waals surface area contributed by atoms with Gasteiger partial charge in [0.15, 0.2) is 6.61 Å². The largest absolute Gasteiger partial charge is 0.452 e. The van der Waals surface area contributed by atoms with Crippen molar-refractivity contribution in [1.29, 1.82) is 0 Å². The van der Waals surface area contributed by atoms with Gasteiger partial charge in [0.1, 0.15) is 5.82 Å². The summed E-state index contributed by atoms with van der Waals surface area (Å²) in [5, 5.41) is 3.58. The molecule has 0 unspecified atom stereocenters. The summed E-state index contributed by atoms with van der Waals surface area (Å²) in [6.07, 6.45) is -4.49. The van der Waals surface area contributed by atoms with Crippen molar-refractivity contribution in [1.82, 2.24) is 10.1 Å². The number of nitrogens with zero attached hydrogens (tertiary/aromatic N) is 2. The second-order valence-corrected chi connectivity index (χ2v) is 5.17. The summed E-state index contributed by atoms with van der Waals surface area (Å²) in [5.41, 5.74) is -0.604. The van der Waals surface area contributed by atoms with Crippen molar-refractivity contribution in [3.63, 3.8) is 0 Å². The molecule has 26 heavy (non-hydrogen) atoms. The summed E-state index contributed by atoms with van der Waals surface area (Å²) in [6.45, 7) is -0.373. The summed E-state index contributed by atoms with van der Waals surface area (Å²) in [7, 11) is 0. The molecular weight excluding hydrogens is 356 g/mol. The first kappa shape index (κ1) is 17.6. The van der Waals surface area contributed by atoms with Gasteiger partial charge < -0.3 is 9.26 Å². The Balaban J connectivity index is 1.68. The molecule has 0 radical (unpaired) electrons. The van der Waals surface area contributed by atoms with Crippen molar-refractivity contribution in [3.05, 3.63) is 71.4 Å². The van der Waals surface area contributed by atoms with Gasteiger partial charge in [0.2, 0.25) is 5.82 Å². The van der Waals surface area contributed by atoms with Crippen LogP contribution >= 0.6 is 0 Å². The van der Waals surface area contributed by atoms with Crippen LogP contribution in [0.4, 0.5) is 17.6 Å². The van der Waals surface area contributed by atoms with Gasteiger partial charge in [-0.05, 0) is 36.4 Å². The molecule has 1 aromatic heterocycles. The summed E-state index contributed by atoms with van der Waals surface area (Å²) in [4.78, 5) is 15.7. The first-order chi connectivity index (χ1) is 12.3. The number of esters is 1. The number of aromatic nitrogens is 2. The lowest BCUT2D eigenvalue weighted by atomic mass is 10.1. The number of hydrogen-bond acceptors (Lipinski definition) is 5. The molecule has 5 nitrogen and oxygen atoms in total. The fraction of sp³-hybridized carbons (Fsp3) is 0.118. The third-order valence-electron chi connectivity index (χ3n) is 3.32. The Morgan fingerprint density at radius 1 is 1.12 bits per heavy atom. The van der Waals surface area contributed by atoms with Crippen molar-refractivity contribution >= 4 is 5.97 Å². The van der Waals surface area contributed by atoms with E-state index in [0.29, 0.717) is 0 Å². The molecule has 9 heteroatoms. The SMILES string of the molecule is O=C(OCc1nc(-c2cccc(C(F)(F)F)c2)no1)c1ccc(F)cc1. The number of alkyl halides is 3. The second-order valence-electron chi connectivity index (χ2n) is 5.17.